The molecule has 0 aromatic rings. The molecule has 20 heavy (non-hydrogen) atoms. The first-order chi connectivity index (χ1) is 9.31. The second-order valence-electron chi connectivity index (χ2n) is 6.37. The van der Waals surface area contributed by atoms with Crippen molar-refractivity contribution in [2.75, 3.05) is 7.11 Å². The van der Waals surface area contributed by atoms with Crippen molar-refractivity contribution in [1.82, 2.24) is 5.32 Å². The maximum Gasteiger partial charge on any atom is 0.533 e. The number of nitrogens with one attached hydrogen (secondary N) is 1. The number of amides is 1. The molecule has 1 N–H and O–H groups in total. The zero-order chi connectivity index (χ0) is 15.2. The van der Waals surface area contributed by atoms with Gasteiger partial charge in [-0.2, -0.15) is 0 Å². The summed E-state index contributed by atoms with van der Waals surface area (Å²) in [4.78, 5) is 11.8. The van der Waals surface area contributed by atoms with Crippen molar-refractivity contribution < 1.29 is 18.6 Å². The lowest BCUT2D eigenvalue weighted by atomic mass is 9.87. The molecular weight excluding hydrogens is 277 g/mol. The molecule has 1 fully saturated rings. The van der Waals surface area contributed by atoms with Crippen LogP contribution >= 0.6 is 8.03 Å². The minimum Gasteiger partial charge on any atom is -0.444 e. The highest BCUT2D eigenvalue weighted by atomic mass is 31.1. The van der Waals surface area contributed by atoms with Crippen molar-refractivity contribution in [2.24, 2.45) is 5.92 Å². The molecule has 2 atom stereocenters. The summed E-state index contributed by atoms with van der Waals surface area (Å²) in [5.41, 5.74) is -0.557. The van der Waals surface area contributed by atoms with Crippen molar-refractivity contribution in [1.29, 1.82) is 0 Å². The van der Waals surface area contributed by atoms with Crippen LogP contribution in [0.25, 0.3) is 0 Å². The Hall–Kier alpha value is -0.670. The van der Waals surface area contributed by atoms with E-state index < -0.39 is 25.5 Å². The lowest BCUT2D eigenvalue weighted by molar-refractivity contribution is 0.0512. The predicted octanol–water partition coefficient (Wildman–Crippen LogP) is 4.20. The van der Waals surface area contributed by atoms with Crippen molar-refractivity contribution >= 4 is 14.1 Å². The smallest absolute Gasteiger partial charge is 0.444 e. The van der Waals surface area contributed by atoms with E-state index in [0.717, 1.165) is 12.8 Å². The third-order valence-corrected chi connectivity index (χ3v) is 4.61. The fourth-order valence-electron chi connectivity index (χ4n) is 2.51. The second-order valence-corrected chi connectivity index (χ2v) is 7.93. The van der Waals surface area contributed by atoms with Gasteiger partial charge in [0.15, 0.2) is 0 Å². The zero-order valence-electron chi connectivity index (χ0n) is 13.0. The standard InChI is InChI=1S/C14H26NO4P/c1-14(2,3)19-13(16)15-12(20(17)18-4)10-11-8-6-5-7-9-11/h11-12H,5-10H2,1-4H3/p+1. The van der Waals surface area contributed by atoms with Crippen LogP contribution in [-0.2, 0) is 13.8 Å². The molecule has 6 heteroatoms. The van der Waals surface area contributed by atoms with Crippen LogP contribution in [0.3, 0.4) is 0 Å². The number of ether oxygens (including phenoxy) is 1. The largest absolute Gasteiger partial charge is 0.533 e. The Morgan fingerprint density at radius 2 is 1.90 bits per heavy atom. The van der Waals surface area contributed by atoms with E-state index in [-0.39, 0.29) is 0 Å². The van der Waals surface area contributed by atoms with Gasteiger partial charge < -0.3 is 4.74 Å². The van der Waals surface area contributed by atoms with E-state index in [2.05, 4.69) is 5.32 Å². The highest BCUT2D eigenvalue weighted by molar-refractivity contribution is 7.40. The third kappa shape index (κ3) is 6.67. The van der Waals surface area contributed by atoms with Gasteiger partial charge in [-0.25, -0.2) is 4.79 Å². The van der Waals surface area contributed by atoms with Gasteiger partial charge in [0.1, 0.15) is 5.60 Å². The monoisotopic (exact) mass is 304 g/mol. The predicted molar refractivity (Wildman–Crippen MR) is 79.0 cm³/mol. The Morgan fingerprint density at radius 3 is 2.40 bits per heavy atom. The van der Waals surface area contributed by atoms with Gasteiger partial charge in [0.25, 0.3) is 5.78 Å². The highest BCUT2D eigenvalue weighted by Gasteiger charge is 2.37. The molecule has 116 valence electrons. The minimum absolute atomic E-state index is 0.465. The number of carbonyl (C=O) groups is 1. The van der Waals surface area contributed by atoms with Gasteiger partial charge in [0.05, 0.1) is 7.11 Å². The summed E-state index contributed by atoms with van der Waals surface area (Å²) in [5.74, 6) is 0.0470. The fraction of sp³-hybridized carbons (Fsp3) is 0.929. The van der Waals surface area contributed by atoms with Crippen LogP contribution in [0.5, 0.6) is 0 Å². The maximum absolute atomic E-state index is 11.9. The number of carbonyl (C=O) groups excluding carboxylic acids is 1. The molecule has 0 spiro atoms. The lowest BCUT2D eigenvalue weighted by Gasteiger charge is -2.24. The summed E-state index contributed by atoms with van der Waals surface area (Å²) in [6.45, 7) is 5.41. The molecule has 0 aromatic carbocycles. The van der Waals surface area contributed by atoms with Crippen LogP contribution in [0, 0.1) is 5.92 Å². The Bertz CT molecular complexity index is 335. The van der Waals surface area contributed by atoms with E-state index in [9.17, 15) is 9.36 Å². The first-order valence-electron chi connectivity index (χ1n) is 7.32. The van der Waals surface area contributed by atoms with Crippen molar-refractivity contribution in [3.8, 4) is 0 Å². The molecule has 0 radical (unpaired) electrons. The van der Waals surface area contributed by atoms with Crippen LogP contribution in [-0.4, -0.2) is 24.6 Å². The van der Waals surface area contributed by atoms with Gasteiger partial charge in [-0.1, -0.05) is 32.1 Å². The van der Waals surface area contributed by atoms with E-state index in [1.165, 1.54) is 26.4 Å². The molecule has 1 amide bonds. The topological polar surface area (TPSA) is 64.6 Å². The molecule has 5 nitrogen and oxygen atoms in total. The minimum atomic E-state index is -1.90. The van der Waals surface area contributed by atoms with Crippen LogP contribution in [0.15, 0.2) is 0 Å². The van der Waals surface area contributed by atoms with Crippen molar-refractivity contribution in [3.05, 3.63) is 0 Å². The van der Waals surface area contributed by atoms with Crippen molar-refractivity contribution in [2.45, 2.75) is 70.7 Å². The summed E-state index contributed by atoms with van der Waals surface area (Å²) in [7, 11) is -0.497. The van der Waals surface area contributed by atoms with Gasteiger partial charge in [0.2, 0.25) is 0 Å². The molecule has 1 saturated carbocycles. The van der Waals surface area contributed by atoms with Crippen LogP contribution in [0.1, 0.15) is 59.3 Å². The maximum atomic E-state index is 11.9. The van der Waals surface area contributed by atoms with Gasteiger partial charge in [0, 0.05) is 6.42 Å². The lowest BCUT2D eigenvalue weighted by Crippen LogP contribution is -2.38. The first kappa shape index (κ1) is 17.4. The van der Waals surface area contributed by atoms with Crippen LogP contribution < -0.4 is 5.32 Å². The summed E-state index contributed by atoms with van der Waals surface area (Å²) in [5, 5.41) is 2.70. The zero-order valence-corrected chi connectivity index (χ0v) is 13.9. The summed E-state index contributed by atoms with van der Waals surface area (Å²) in [6.07, 6.45) is 6.15. The van der Waals surface area contributed by atoms with E-state index in [1.807, 2.05) is 0 Å². The average Bonchev–Trinajstić information content (AvgIpc) is 2.36. The molecule has 0 heterocycles. The molecule has 0 bridgehead atoms. The van der Waals surface area contributed by atoms with Crippen LogP contribution in [0.2, 0.25) is 0 Å². The van der Waals surface area contributed by atoms with E-state index in [0.29, 0.717) is 12.3 Å². The second kappa shape index (κ2) is 7.94. The molecule has 1 aliphatic carbocycles. The van der Waals surface area contributed by atoms with Gasteiger partial charge in [-0.3, -0.25) is 5.32 Å². The normalized spacial score (nSPS) is 19.3. The Balaban J connectivity index is 2.55. The summed E-state index contributed by atoms with van der Waals surface area (Å²) in [6, 6.07) is 0. The number of rotatable bonds is 5. The van der Waals surface area contributed by atoms with Gasteiger partial charge >= 0.3 is 14.1 Å². The van der Waals surface area contributed by atoms with Crippen molar-refractivity contribution in [3.63, 3.8) is 0 Å². The molecule has 1 rings (SSSR count). The Morgan fingerprint density at radius 1 is 1.30 bits per heavy atom. The molecule has 1 aliphatic rings. The van der Waals surface area contributed by atoms with Gasteiger partial charge in [-0.05, 0) is 31.3 Å². The number of hydrogen-bond donors (Lipinski definition) is 1. The molecule has 2 unspecified atom stereocenters. The quantitative estimate of drug-likeness (QED) is 0.773. The first-order valence-corrected chi connectivity index (χ1v) is 8.56. The molecular formula is C14H27NO4P+. The summed E-state index contributed by atoms with van der Waals surface area (Å²) < 4.78 is 22.1. The highest BCUT2D eigenvalue weighted by Crippen LogP contribution is 2.36. The number of hydrogen-bond acceptors (Lipinski definition) is 4. The van der Waals surface area contributed by atoms with E-state index >= 15 is 0 Å². The van der Waals surface area contributed by atoms with Crippen LogP contribution in [0.4, 0.5) is 4.79 Å². The van der Waals surface area contributed by atoms with Gasteiger partial charge in [-0.15, -0.1) is 4.52 Å². The molecule has 0 aliphatic heterocycles. The van der Waals surface area contributed by atoms with E-state index in [4.69, 9.17) is 9.26 Å². The van der Waals surface area contributed by atoms with E-state index in [1.54, 1.807) is 20.8 Å². The SMILES string of the molecule is CO[P+](=O)C(CC1CCCCC1)NC(=O)OC(C)(C)C. The average molecular weight is 304 g/mol. The molecule has 0 aromatic heterocycles. The fourth-order valence-corrected chi connectivity index (χ4v) is 3.44. The molecule has 0 saturated heterocycles. The number of alkyl carbamates (subject to hydrolysis) is 1. The Kier molecular flexibility index (Phi) is 6.90. The third-order valence-electron chi connectivity index (χ3n) is 3.40. The Labute approximate surface area is 122 Å². The summed E-state index contributed by atoms with van der Waals surface area (Å²) >= 11 is 0.